The van der Waals surface area contributed by atoms with E-state index in [9.17, 15) is 14.9 Å². The standard InChI is InChI=1S/C20H16N4O4/c1-13-19(28-2)20(25)23-18(21-13)12-17(14-6-4-3-5-7-14)22(23)15-8-10-16(11-9-15)24(26)27/h3-12H,1-2H3. The van der Waals surface area contributed by atoms with E-state index in [2.05, 4.69) is 4.98 Å². The van der Waals surface area contributed by atoms with Gasteiger partial charge in [0.25, 0.3) is 5.69 Å². The molecule has 0 N–H and O–H groups in total. The van der Waals surface area contributed by atoms with Gasteiger partial charge in [-0.3, -0.25) is 14.9 Å². The molecule has 2 heterocycles. The van der Waals surface area contributed by atoms with Crippen LogP contribution in [0.15, 0.2) is 65.5 Å². The highest BCUT2D eigenvalue weighted by Gasteiger charge is 2.19. The summed E-state index contributed by atoms with van der Waals surface area (Å²) in [6.07, 6.45) is 0. The van der Waals surface area contributed by atoms with Gasteiger partial charge in [0.2, 0.25) is 5.75 Å². The lowest BCUT2D eigenvalue weighted by Gasteiger charge is -2.12. The Morgan fingerprint density at radius 1 is 1.07 bits per heavy atom. The number of nitro benzene ring substituents is 1. The summed E-state index contributed by atoms with van der Waals surface area (Å²) in [6.45, 7) is 1.71. The van der Waals surface area contributed by atoms with E-state index in [0.717, 1.165) is 11.3 Å². The second kappa shape index (κ2) is 6.66. The highest BCUT2D eigenvalue weighted by molar-refractivity contribution is 5.68. The number of nitro groups is 1. The second-order valence-corrected chi connectivity index (χ2v) is 6.19. The van der Waals surface area contributed by atoms with Crippen molar-refractivity contribution >= 4 is 11.3 Å². The van der Waals surface area contributed by atoms with Gasteiger partial charge >= 0.3 is 5.56 Å². The molecule has 0 aliphatic rings. The maximum absolute atomic E-state index is 13.1. The summed E-state index contributed by atoms with van der Waals surface area (Å²) in [6, 6.07) is 17.4. The van der Waals surface area contributed by atoms with E-state index in [-0.39, 0.29) is 17.0 Å². The molecule has 0 saturated heterocycles. The third kappa shape index (κ3) is 2.71. The number of rotatable bonds is 4. The summed E-state index contributed by atoms with van der Waals surface area (Å²) in [4.78, 5) is 28.1. The van der Waals surface area contributed by atoms with Gasteiger partial charge in [-0.15, -0.1) is 0 Å². The third-order valence-corrected chi connectivity index (χ3v) is 4.49. The van der Waals surface area contributed by atoms with Gasteiger partial charge in [0.15, 0.2) is 5.65 Å². The van der Waals surface area contributed by atoms with Crippen LogP contribution in [0.25, 0.3) is 22.6 Å². The zero-order valence-electron chi connectivity index (χ0n) is 15.2. The maximum atomic E-state index is 13.1. The molecular formula is C20H16N4O4. The van der Waals surface area contributed by atoms with Crippen molar-refractivity contribution in [1.29, 1.82) is 0 Å². The summed E-state index contributed by atoms with van der Waals surface area (Å²) in [7, 11) is 1.43. The number of nitrogens with zero attached hydrogens (tertiary/aromatic N) is 4. The largest absolute Gasteiger partial charge is 0.490 e. The Labute approximate surface area is 159 Å². The fourth-order valence-corrected chi connectivity index (χ4v) is 3.22. The fourth-order valence-electron chi connectivity index (χ4n) is 3.22. The quantitative estimate of drug-likeness (QED) is 0.402. The van der Waals surface area contributed by atoms with Crippen molar-refractivity contribution in [3.05, 3.63) is 86.8 Å². The van der Waals surface area contributed by atoms with Crippen LogP contribution in [-0.4, -0.2) is 26.2 Å². The zero-order chi connectivity index (χ0) is 19.8. The SMILES string of the molecule is COc1c(C)nc2cc(-c3ccccc3)n(-c3ccc([N+](=O)[O-])cc3)n2c1=O. The van der Waals surface area contributed by atoms with Gasteiger partial charge in [-0.25, -0.2) is 9.67 Å². The average Bonchev–Trinajstić information content (AvgIpc) is 3.08. The minimum Gasteiger partial charge on any atom is -0.490 e. The third-order valence-electron chi connectivity index (χ3n) is 4.49. The first-order chi connectivity index (χ1) is 13.5. The minimum absolute atomic E-state index is 0.0274. The number of benzene rings is 2. The maximum Gasteiger partial charge on any atom is 0.315 e. The molecule has 0 radical (unpaired) electrons. The highest BCUT2D eigenvalue weighted by atomic mass is 16.6. The van der Waals surface area contributed by atoms with Crippen LogP contribution >= 0.6 is 0 Å². The minimum atomic E-state index is -0.463. The predicted molar refractivity (Wildman–Crippen MR) is 104 cm³/mol. The lowest BCUT2D eigenvalue weighted by atomic mass is 10.1. The molecule has 2 aromatic heterocycles. The number of hydrogen-bond acceptors (Lipinski definition) is 5. The predicted octanol–water partition coefficient (Wildman–Crippen LogP) is 3.38. The molecule has 28 heavy (non-hydrogen) atoms. The second-order valence-electron chi connectivity index (χ2n) is 6.19. The summed E-state index contributed by atoms with van der Waals surface area (Å²) in [5.74, 6) is 0.151. The Balaban J connectivity index is 2.09. The molecule has 0 atom stereocenters. The van der Waals surface area contributed by atoms with Gasteiger partial charge in [-0.1, -0.05) is 30.3 Å². The van der Waals surface area contributed by atoms with Crippen LogP contribution in [0, 0.1) is 17.0 Å². The Morgan fingerprint density at radius 3 is 2.36 bits per heavy atom. The molecule has 4 rings (SSSR count). The summed E-state index contributed by atoms with van der Waals surface area (Å²) < 4.78 is 8.34. The van der Waals surface area contributed by atoms with Crippen molar-refractivity contribution in [1.82, 2.24) is 14.2 Å². The van der Waals surface area contributed by atoms with Gasteiger partial charge in [0.05, 0.1) is 29.1 Å². The van der Waals surface area contributed by atoms with E-state index in [1.165, 1.54) is 23.8 Å². The molecule has 8 heteroatoms. The summed E-state index contributed by atoms with van der Waals surface area (Å²) in [5, 5.41) is 11.0. The summed E-state index contributed by atoms with van der Waals surface area (Å²) in [5.41, 5.74) is 2.77. The van der Waals surface area contributed by atoms with E-state index < -0.39 is 4.92 Å². The Bertz CT molecular complexity index is 1240. The number of hydrogen-bond donors (Lipinski definition) is 0. The number of fused-ring (bicyclic) bond motifs is 1. The van der Waals surface area contributed by atoms with Crippen molar-refractivity contribution in [2.24, 2.45) is 0 Å². The van der Waals surface area contributed by atoms with Crippen LogP contribution in [0.5, 0.6) is 5.75 Å². The number of non-ortho nitro benzene ring substituents is 1. The van der Waals surface area contributed by atoms with E-state index in [1.54, 1.807) is 23.7 Å². The van der Waals surface area contributed by atoms with Gasteiger partial charge in [-0.05, 0) is 19.1 Å². The zero-order valence-corrected chi connectivity index (χ0v) is 15.2. The van der Waals surface area contributed by atoms with E-state index in [1.807, 2.05) is 36.4 Å². The first kappa shape index (κ1) is 17.5. The Morgan fingerprint density at radius 2 is 1.75 bits per heavy atom. The van der Waals surface area contributed by atoms with Crippen LogP contribution < -0.4 is 10.3 Å². The topological polar surface area (TPSA) is 91.7 Å². The Hall–Kier alpha value is -3.94. The lowest BCUT2D eigenvalue weighted by molar-refractivity contribution is -0.384. The molecule has 8 nitrogen and oxygen atoms in total. The molecule has 0 aliphatic heterocycles. The number of methoxy groups -OCH3 is 1. The van der Waals surface area contributed by atoms with Crippen molar-refractivity contribution in [2.45, 2.75) is 6.92 Å². The van der Waals surface area contributed by atoms with Crippen LogP contribution in [0.2, 0.25) is 0 Å². The van der Waals surface area contributed by atoms with Crippen LogP contribution in [0.3, 0.4) is 0 Å². The van der Waals surface area contributed by atoms with Gasteiger partial charge in [0, 0.05) is 23.8 Å². The first-order valence-corrected chi connectivity index (χ1v) is 8.51. The molecular weight excluding hydrogens is 360 g/mol. The molecule has 4 aromatic rings. The molecule has 0 saturated carbocycles. The lowest BCUT2D eigenvalue weighted by Crippen LogP contribution is -2.23. The summed E-state index contributed by atoms with van der Waals surface area (Å²) >= 11 is 0. The van der Waals surface area contributed by atoms with Gasteiger partial charge in [-0.2, -0.15) is 4.52 Å². The van der Waals surface area contributed by atoms with Crippen molar-refractivity contribution in [3.8, 4) is 22.7 Å². The number of ether oxygens (including phenoxy) is 1. The molecule has 0 spiro atoms. The first-order valence-electron chi connectivity index (χ1n) is 8.51. The molecule has 0 amide bonds. The Kier molecular flexibility index (Phi) is 4.15. The fraction of sp³-hybridized carbons (Fsp3) is 0.100. The average molecular weight is 376 g/mol. The van der Waals surface area contributed by atoms with Crippen LogP contribution in [0.4, 0.5) is 5.69 Å². The van der Waals surface area contributed by atoms with Gasteiger partial charge in [0.1, 0.15) is 0 Å². The molecule has 0 aliphatic carbocycles. The van der Waals surface area contributed by atoms with Gasteiger partial charge < -0.3 is 4.74 Å². The molecule has 0 unspecified atom stereocenters. The molecule has 0 bridgehead atoms. The van der Waals surface area contributed by atoms with Crippen molar-refractivity contribution in [3.63, 3.8) is 0 Å². The normalized spacial score (nSPS) is 10.9. The van der Waals surface area contributed by atoms with Crippen LogP contribution in [0.1, 0.15) is 5.69 Å². The van der Waals surface area contributed by atoms with E-state index >= 15 is 0 Å². The monoisotopic (exact) mass is 376 g/mol. The number of aromatic nitrogens is 3. The van der Waals surface area contributed by atoms with E-state index in [4.69, 9.17) is 4.74 Å². The number of aryl methyl sites for hydroxylation is 1. The molecule has 0 fully saturated rings. The smallest absolute Gasteiger partial charge is 0.315 e. The molecule has 2 aromatic carbocycles. The van der Waals surface area contributed by atoms with Crippen LogP contribution in [-0.2, 0) is 0 Å². The van der Waals surface area contributed by atoms with Crippen molar-refractivity contribution < 1.29 is 9.66 Å². The van der Waals surface area contributed by atoms with E-state index in [0.29, 0.717) is 17.0 Å². The highest BCUT2D eigenvalue weighted by Crippen LogP contribution is 2.27. The molecule has 140 valence electrons. The van der Waals surface area contributed by atoms with Crippen molar-refractivity contribution in [2.75, 3.05) is 7.11 Å².